The molecule has 1 aliphatic rings. The van der Waals surface area contributed by atoms with E-state index in [1.807, 2.05) is 0 Å². The number of oxazole rings is 1. The van der Waals surface area contributed by atoms with Gasteiger partial charge in [-0.3, -0.25) is 4.72 Å². The smallest absolute Gasteiger partial charge is 0.262 e. The molecular formula is C15H12N2O5S. The van der Waals surface area contributed by atoms with E-state index < -0.39 is 10.0 Å². The fourth-order valence-electron chi connectivity index (χ4n) is 2.32. The molecule has 8 heteroatoms. The number of benzene rings is 2. The lowest BCUT2D eigenvalue weighted by atomic mass is 10.3. The lowest BCUT2D eigenvalue weighted by Crippen LogP contribution is -2.17. The minimum absolute atomic E-state index is 0.0967. The summed E-state index contributed by atoms with van der Waals surface area (Å²) in [6.07, 6.45) is 1.31. The molecule has 2 heterocycles. The van der Waals surface area contributed by atoms with Gasteiger partial charge in [0.2, 0.25) is 0 Å². The van der Waals surface area contributed by atoms with Gasteiger partial charge in [-0.15, -0.1) is 0 Å². The first-order valence-corrected chi connectivity index (χ1v) is 8.36. The van der Waals surface area contributed by atoms with Gasteiger partial charge in [0.15, 0.2) is 23.5 Å². The van der Waals surface area contributed by atoms with E-state index in [9.17, 15) is 8.42 Å². The van der Waals surface area contributed by atoms with Crippen LogP contribution in [0.5, 0.6) is 11.5 Å². The van der Waals surface area contributed by atoms with E-state index in [-0.39, 0.29) is 4.90 Å². The Morgan fingerprint density at radius 3 is 2.70 bits per heavy atom. The number of hydrogen-bond acceptors (Lipinski definition) is 6. The van der Waals surface area contributed by atoms with Gasteiger partial charge >= 0.3 is 0 Å². The van der Waals surface area contributed by atoms with Crippen molar-refractivity contribution in [3.05, 3.63) is 42.8 Å². The Morgan fingerprint density at radius 2 is 1.83 bits per heavy atom. The van der Waals surface area contributed by atoms with E-state index in [1.54, 1.807) is 24.3 Å². The van der Waals surface area contributed by atoms with Crippen LogP contribution in [0, 0.1) is 0 Å². The number of rotatable bonds is 3. The highest BCUT2D eigenvalue weighted by atomic mass is 32.2. The van der Waals surface area contributed by atoms with Gasteiger partial charge in [0.25, 0.3) is 10.0 Å². The van der Waals surface area contributed by atoms with Gasteiger partial charge in [0.1, 0.15) is 18.7 Å². The van der Waals surface area contributed by atoms with Gasteiger partial charge in [-0.25, -0.2) is 13.4 Å². The standard InChI is InChI=1S/C15H12N2O5S/c18-23(19,11-2-4-13-15(8-11)21-6-5-20-13)17-10-1-3-12-14(7-10)22-9-16-12/h1-4,7-9,17H,5-6H2. The molecule has 0 amide bonds. The fourth-order valence-corrected chi connectivity index (χ4v) is 3.39. The Balaban J connectivity index is 1.66. The van der Waals surface area contributed by atoms with Gasteiger partial charge < -0.3 is 13.9 Å². The second-order valence-electron chi connectivity index (χ2n) is 4.95. The molecule has 0 saturated heterocycles. The highest BCUT2D eigenvalue weighted by Crippen LogP contribution is 2.32. The van der Waals surface area contributed by atoms with Crippen LogP contribution in [0.25, 0.3) is 11.1 Å². The van der Waals surface area contributed by atoms with Crippen LogP contribution in [0.4, 0.5) is 5.69 Å². The fraction of sp³-hybridized carbons (Fsp3) is 0.133. The SMILES string of the molecule is O=S(=O)(Nc1ccc2ncoc2c1)c1ccc2c(c1)OCCO2. The summed E-state index contributed by atoms with van der Waals surface area (Å²) >= 11 is 0. The molecule has 0 spiro atoms. The third kappa shape index (κ3) is 2.57. The predicted molar refractivity (Wildman–Crippen MR) is 82.2 cm³/mol. The summed E-state index contributed by atoms with van der Waals surface area (Å²) in [6, 6.07) is 9.40. The zero-order valence-corrected chi connectivity index (χ0v) is 12.7. The average Bonchev–Trinajstić information content (AvgIpc) is 3.01. The molecular weight excluding hydrogens is 320 g/mol. The minimum atomic E-state index is -3.75. The molecule has 118 valence electrons. The molecule has 1 N–H and O–H groups in total. The van der Waals surface area contributed by atoms with Crippen molar-refractivity contribution in [3.8, 4) is 11.5 Å². The molecule has 0 fully saturated rings. The minimum Gasteiger partial charge on any atom is -0.486 e. The normalized spacial score (nSPS) is 13.9. The summed E-state index contributed by atoms with van der Waals surface area (Å²) < 4.78 is 43.5. The summed E-state index contributed by atoms with van der Waals surface area (Å²) in [7, 11) is -3.75. The van der Waals surface area contributed by atoms with Crippen LogP contribution in [-0.4, -0.2) is 26.6 Å². The zero-order valence-electron chi connectivity index (χ0n) is 11.9. The number of hydrogen-bond donors (Lipinski definition) is 1. The molecule has 1 aliphatic heterocycles. The Hall–Kier alpha value is -2.74. The maximum Gasteiger partial charge on any atom is 0.262 e. The topological polar surface area (TPSA) is 90.7 Å². The number of fused-ring (bicyclic) bond motifs is 2. The third-order valence-electron chi connectivity index (χ3n) is 3.41. The largest absolute Gasteiger partial charge is 0.486 e. The Morgan fingerprint density at radius 1 is 1.00 bits per heavy atom. The van der Waals surface area contributed by atoms with E-state index in [2.05, 4.69) is 9.71 Å². The predicted octanol–water partition coefficient (Wildman–Crippen LogP) is 2.40. The van der Waals surface area contributed by atoms with Crippen LogP contribution in [-0.2, 0) is 10.0 Å². The van der Waals surface area contributed by atoms with E-state index >= 15 is 0 Å². The molecule has 3 aromatic rings. The van der Waals surface area contributed by atoms with Gasteiger partial charge in [-0.1, -0.05) is 0 Å². The van der Waals surface area contributed by atoms with Crippen molar-refractivity contribution in [2.24, 2.45) is 0 Å². The summed E-state index contributed by atoms with van der Waals surface area (Å²) in [5.41, 5.74) is 1.56. The van der Waals surface area contributed by atoms with Crippen molar-refractivity contribution in [1.29, 1.82) is 0 Å². The number of ether oxygens (including phenoxy) is 2. The zero-order chi connectivity index (χ0) is 15.9. The maximum absolute atomic E-state index is 12.5. The summed E-state index contributed by atoms with van der Waals surface area (Å²) in [6.45, 7) is 0.848. The number of aromatic nitrogens is 1. The van der Waals surface area contributed by atoms with Crippen LogP contribution in [0.2, 0.25) is 0 Å². The quantitative estimate of drug-likeness (QED) is 0.792. The number of nitrogens with zero attached hydrogens (tertiary/aromatic N) is 1. The van der Waals surface area contributed by atoms with Crippen molar-refractivity contribution in [2.45, 2.75) is 4.90 Å². The molecule has 2 aromatic carbocycles. The van der Waals surface area contributed by atoms with E-state index in [4.69, 9.17) is 13.9 Å². The lowest BCUT2D eigenvalue weighted by molar-refractivity contribution is 0.171. The maximum atomic E-state index is 12.5. The van der Waals surface area contributed by atoms with Gasteiger partial charge in [0.05, 0.1) is 10.6 Å². The lowest BCUT2D eigenvalue weighted by Gasteiger charge is -2.19. The highest BCUT2D eigenvalue weighted by molar-refractivity contribution is 7.92. The first-order chi connectivity index (χ1) is 11.1. The summed E-state index contributed by atoms with van der Waals surface area (Å²) in [4.78, 5) is 4.09. The first kappa shape index (κ1) is 13.9. The third-order valence-corrected chi connectivity index (χ3v) is 4.79. The van der Waals surface area contributed by atoms with Crippen molar-refractivity contribution in [1.82, 2.24) is 4.98 Å². The van der Waals surface area contributed by atoms with Crippen molar-refractivity contribution < 1.29 is 22.3 Å². The van der Waals surface area contributed by atoms with E-state index in [0.717, 1.165) is 0 Å². The summed E-state index contributed by atoms with van der Waals surface area (Å²) in [5.74, 6) is 0.961. The Kier molecular flexibility index (Phi) is 3.12. The van der Waals surface area contributed by atoms with Crippen molar-refractivity contribution in [2.75, 3.05) is 17.9 Å². The van der Waals surface area contributed by atoms with Crippen LogP contribution >= 0.6 is 0 Å². The van der Waals surface area contributed by atoms with Gasteiger partial charge in [0, 0.05) is 12.1 Å². The van der Waals surface area contributed by atoms with Crippen LogP contribution in [0.15, 0.2) is 52.1 Å². The van der Waals surface area contributed by atoms with Crippen LogP contribution in [0.3, 0.4) is 0 Å². The molecule has 1 aromatic heterocycles. The van der Waals surface area contributed by atoms with Crippen molar-refractivity contribution in [3.63, 3.8) is 0 Å². The Bertz CT molecular complexity index is 980. The second kappa shape index (κ2) is 5.17. The molecule has 0 unspecified atom stereocenters. The first-order valence-electron chi connectivity index (χ1n) is 6.87. The average molecular weight is 332 g/mol. The molecule has 0 aliphatic carbocycles. The van der Waals surface area contributed by atoms with E-state index in [1.165, 1.54) is 18.5 Å². The highest BCUT2D eigenvalue weighted by Gasteiger charge is 2.19. The number of sulfonamides is 1. The molecule has 4 rings (SSSR count). The molecule has 0 saturated carbocycles. The molecule has 7 nitrogen and oxygen atoms in total. The van der Waals surface area contributed by atoms with Gasteiger partial charge in [-0.2, -0.15) is 0 Å². The second-order valence-corrected chi connectivity index (χ2v) is 6.63. The molecule has 0 atom stereocenters. The molecule has 0 bridgehead atoms. The van der Waals surface area contributed by atoms with Crippen LogP contribution in [0.1, 0.15) is 0 Å². The summed E-state index contributed by atoms with van der Waals surface area (Å²) in [5, 5.41) is 0. The molecule has 0 radical (unpaired) electrons. The van der Waals surface area contributed by atoms with Crippen LogP contribution < -0.4 is 14.2 Å². The Labute approximate surface area is 131 Å². The number of nitrogens with one attached hydrogen (secondary N) is 1. The van der Waals surface area contributed by atoms with Gasteiger partial charge in [-0.05, 0) is 24.3 Å². The monoisotopic (exact) mass is 332 g/mol. The van der Waals surface area contributed by atoms with Crippen molar-refractivity contribution >= 4 is 26.8 Å². The molecule has 23 heavy (non-hydrogen) atoms. The van der Waals surface area contributed by atoms with E-state index in [0.29, 0.717) is 41.5 Å². The number of anilines is 1.